The molecule has 1 rings (SSSR count). The van der Waals surface area contributed by atoms with E-state index in [1.165, 1.54) is 0 Å². The van der Waals surface area contributed by atoms with E-state index in [4.69, 9.17) is 0 Å². The van der Waals surface area contributed by atoms with Crippen LogP contribution in [-0.2, 0) is 16.4 Å². The smallest absolute Gasteiger partial charge is 0.151 e. The highest BCUT2D eigenvalue weighted by Gasteiger charge is 2.05. The third-order valence-corrected chi connectivity index (χ3v) is 3.98. The number of phenolic OH excluding ortho intramolecular Hbond substituents is 1. The van der Waals surface area contributed by atoms with Crippen LogP contribution in [0.15, 0.2) is 24.3 Å². The van der Waals surface area contributed by atoms with Crippen molar-refractivity contribution in [3.63, 3.8) is 0 Å². The zero-order valence-corrected chi connectivity index (χ0v) is 10.1. The minimum absolute atomic E-state index is 0.155. The van der Waals surface area contributed by atoms with Gasteiger partial charge in [0.1, 0.15) is 5.75 Å². The SMILES string of the molecule is CCS(=O)(=O)CCNCc1cccc(O)c1. The predicted octanol–water partition coefficient (Wildman–Crippen LogP) is 0.916. The van der Waals surface area contributed by atoms with E-state index in [0.717, 1.165) is 5.56 Å². The Kier molecular flexibility index (Phi) is 4.76. The minimum atomic E-state index is -2.89. The van der Waals surface area contributed by atoms with Crippen LogP contribution in [-0.4, -0.2) is 31.6 Å². The summed E-state index contributed by atoms with van der Waals surface area (Å²) in [7, 11) is -2.89. The second-order valence-corrected chi connectivity index (χ2v) is 6.06. The molecule has 5 heteroatoms. The largest absolute Gasteiger partial charge is 0.508 e. The van der Waals surface area contributed by atoms with Gasteiger partial charge in [-0.1, -0.05) is 19.1 Å². The van der Waals surface area contributed by atoms with Crippen molar-refractivity contribution in [2.45, 2.75) is 13.5 Å². The summed E-state index contributed by atoms with van der Waals surface area (Å²) in [4.78, 5) is 0. The first-order valence-corrected chi connectivity index (χ1v) is 7.04. The third kappa shape index (κ3) is 4.63. The van der Waals surface area contributed by atoms with Gasteiger partial charge in [-0.05, 0) is 17.7 Å². The highest BCUT2D eigenvalue weighted by Crippen LogP contribution is 2.10. The van der Waals surface area contributed by atoms with E-state index in [1.807, 2.05) is 6.07 Å². The van der Waals surface area contributed by atoms with Crippen molar-refractivity contribution in [3.8, 4) is 5.75 Å². The summed E-state index contributed by atoms with van der Waals surface area (Å²) in [5.74, 6) is 0.559. The van der Waals surface area contributed by atoms with Crippen LogP contribution in [0.2, 0.25) is 0 Å². The van der Waals surface area contributed by atoms with Crippen LogP contribution in [0.5, 0.6) is 5.75 Å². The number of phenols is 1. The molecule has 0 amide bonds. The molecule has 0 unspecified atom stereocenters. The van der Waals surface area contributed by atoms with Crippen LogP contribution in [0, 0.1) is 0 Å². The van der Waals surface area contributed by atoms with E-state index in [2.05, 4.69) is 5.32 Å². The van der Waals surface area contributed by atoms with Gasteiger partial charge in [0, 0.05) is 18.8 Å². The Labute approximate surface area is 96.2 Å². The molecule has 0 bridgehead atoms. The number of nitrogens with one attached hydrogen (secondary N) is 1. The molecular formula is C11H17NO3S. The lowest BCUT2D eigenvalue weighted by molar-refractivity contribution is 0.474. The first-order valence-electron chi connectivity index (χ1n) is 5.22. The lowest BCUT2D eigenvalue weighted by Crippen LogP contribution is -2.23. The molecule has 0 aliphatic heterocycles. The van der Waals surface area contributed by atoms with Gasteiger partial charge in [-0.15, -0.1) is 0 Å². The molecule has 2 N–H and O–H groups in total. The normalized spacial score (nSPS) is 11.6. The molecule has 0 aliphatic carbocycles. The molecular weight excluding hydrogens is 226 g/mol. The van der Waals surface area contributed by atoms with Crippen LogP contribution in [0.1, 0.15) is 12.5 Å². The Morgan fingerprint density at radius 3 is 2.75 bits per heavy atom. The minimum Gasteiger partial charge on any atom is -0.508 e. The predicted molar refractivity (Wildman–Crippen MR) is 64.1 cm³/mol. The molecule has 1 aromatic carbocycles. The highest BCUT2D eigenvalue weighted by atomic mass is 32.2. The van der Waals surface area contributed by atoms with Gasteiger partial charge >= 0.3 is 0 Å². The molecule has 0 fully saturated rings. The molecule has 0 spiro atoms. The number of rotatable bonds is 6. The quantitative estimate of drug-likeness (QED) is 0.729. The molecule has 1 aromatic rings. The zero-order chi connectivity index (χ0) is 12.0. The van der Waals surface area contributed by atoms with Crippen LogP contribution < -0.4 is 5.32 Å². The Bertz CT molecular complexity index is 429. The fourth-order valence-electron chi connectivity index (χ4n) is 1.27. The lowest BCUT2D eigenvalue weighted by atomic mass is 10.2. The number of hydrogen-bond donors (Lipinski definition) is 2. The maximum absolute atomic E-state index is 11.2. The molecule has 0 aliphatic rings. The van der Waals surface area contributed by atoms with Crippen LogP contribution >= 0.6 is 0 Å². The Morgan fingerprint density at radius 1 is 1.38 bits per heavy atom. The maximum Gasteiger partial charge on any atom is 0.151 e. The first kappa shape index (κ1) is 13.0. The van der Waals surface area contributed by atoms with Crippen molar-refractivity contribution >= 4 is 9.84 Å². The van der Waals surface area contributed by atoms with Gasteiger partial charge in [0.2, 0.25) is 0 Å². The van der Waals surface area contributed by atoms with Crippen molar-refractivity contribution in [2.75, 3.05) is 18.1 Å². The van der Waals surface area contributed by atoms with E-state index in [9.17, 15) is 13.5 Å². The van der Waals surface area contributed by atoms with Crippen molar-refractivity contribution < 1.29 is 13.5 Å². The summed E-state index contributed by atoms with van der Waals surface area (Å²) in [5.41, 5.74) is 0.939. The number of aromatic hydroxyl groups is 1. The van der Waals surface area contributed by atoms with Crippen molar-refractivity contribution in [2.24, 2.45) is 0 Å². The van der Waals surface area contributed by atoms with Gasteiger partial charge in [0.15, 0.2) is 9.84 Å². The number of benzene rings is 1. The topological polar surface area (TPSA) is 66.4 Å². The van der Waals surface area contributed by atoms with Crippen molar-refractivity contribution in [3.05, 3.63) is 29.8 Å². The monoisotopic (exact) mass is 243 g/mol. The Hall–Kier alpha value is -1.07. The first-order chi connectivity index (χ1) is 7.53. The lowest BCUT2D eigenvalue weighted by Gasteiger charge is -2.05. The van der Waals surface area contributed by atoms with Gasteiger partial charge in [0.05, 0.1) is 5.75 Å². The Balaban J connectivity index is 2.32. The van der Waals surface area contributed by atoms with Gasteiger partial charge in [0.25, 0.3) is 0 Å². The fraction of sp³-hybridized carbons (Fsp3) is 0.455. The van der Waals surface area contributed by atoms with E-state index >= 15 is 0 Å². The second kappa shape index (κ2) is 5.86. The molecule has 0 heterocycles. The average molecular weight is 243 g/mol. The Morgan fingerprint density at radius 2 is 2.12 bits per heavy atom. The standard InChI is InChI=1S/C11H17NO3S/c1-2-16(14,15)7-6-12-9-10-4-3-5-11(13)8-10/h3-5,8,12-13H,2,6-7,9H2,1H3. The van der Waals surface area contributed by atoms with E-state index in [-0.39, 0.29) is 17.3 Å². The summed E-state index contributed by atoms with van der Waals surface area (Å²) in [6.07, 6.45) is 0. The fourth-order valence-corrected chi connectivity index (χ4v) is 2.02. The summed E-state index contributed by atoms with van der Waals surface area (Å²) in [6, 6.07) is 6.89. The molecule has 16 heavy (non-hydrogen) atoms. The molecule has 90 valence electrons. The molecule has 0 radical (unpaired) electrons. The van der Waals surface area contributed by atoms with Crippen molar-refractivity contribution in [1.82, 2.24) is 5.32 Å². The van der Waals surface area contributed by atoms with Crippen LogP contribution in [0.4, 0.5) is 0 Å². The van der Waals surface area contributed by atoms with Gasteiger partial charge in [-0.3, -0.25) is 0 Å². The van der Waals surface area contributed by atoms with Gasteiger partial charge in [-0.2, -0.15) is 0 Å². The zero-order valence-electron chi connectivity index (χ0n) is 9.31. The molecule has 0 aromatic heterocycles. The van der Waals surface area contributed by atoms with E-state index in [0.29, 0.717) is 13.1 Å². The number of hydrogen-bond acceptors (Lipinski definition) is 4. The maximum atomic E-state index is 11.2. The third-order valence-electron chi connectivity index (χ3n) is 2.27. The molecule has 0 saturated carbocycles. The van der Waals surface area contributed by atoms with Crippen LogP contribution in [0.25, 0.3) is 0 Å². The molecule has 4 nitrogen and oxygen atoms in total. The summed E-state index contributed by atoms with van der Waals surface area (Å²) in [5, 5.41) is 12.2. The molecule has 0 atom stereocenters. The summed E-state index contributed by atoms with van der Waals surface area (Å²) < 4.78 is 22.4. The summed E-state index contributed by atoms with van der Waals surface area (Å²) >= 11 is 0. The molecule has 0 saturated heterocycles. The van der Waals surface area contributed by atoms with E-state index in [1.54, 1.807) is 25.1 Å². The van der Waals surface area contributed by atoms with E-state index < -0.39 is 9.84 Å². The van der Waals surface area contributed by atoms with Gasteiger partial charge < -0.3 is 10.4 Å². The van der Waals surface area contributed by atoms with Crippen LogP contribution in [0.3, 0.4) is 0 Å². The average Bonchev–Trinajstić information content (AvgIpc) is 2.25. The second-order valence-electron chi connectivity index (χ2n) is 3.58. The van der Waals surface area contributed by atoms with Crippen molar-refractivity contribution in [1.29, 1.82) is 0 Å². The number of sulfone groups is 1. The highest BCUT2D eigenvalue weighted by molar-refractivity contribution is 7.91. The van der Waals surface area contributed by atoms with Gasteiger partial charge in [-0.25, -0.2) is 8.42 Å². The summed E-state index contributed by atoms with van der Waals surface area (Å²) in [6.45, 7) is 2.64.